The minimum absolute atomic E-state index is 0.208. The van der Waals surface area contributed by atoms with Crippen LogP contribution in [0.4, 0.5) is 0 Å². The van der Waals surface area contributed by atoms with Crippen LogP contribution in [0, 0.1) is 5.92 Å². The summed E-state index contributed by atoms with van der Waals surface area (Å²) in [6, 6.07) is 48.1. The van der Waals surface area contributed by atoms with Crippen LogP contribution in [0.5, 0.6) is 0 Å². The lowest BCUT2D eigenvalue weighted by Gasteiger charge is -2.31. The van der Waals surface area contributed by atoms with E-state index in [1.54, 1.807) is 12.4 Å². The minimum atomic E-state index is 0.208. The van der Waals surface area contributed by atoms with Crippen molar-refractivity contribution in [3.05, 3.63) is 199 Å². The molecule has 3 heteroatoms. The topological polar surface area (TPSA) is 38.9 Å². The first-order valence-electron chi connectivity index (χ1n) is 18.2. The van der Waals surface area contributed by atoms with Crippen LogP contribution in [0.3, 0.4) is 0 Å². The molecule has 2 unspecified atom stereocenters. The van der Waals surface area contributed by atoms with E-state index < -0.39 is 0 Å². The van der Waals surface area contributed by atoms with E-state index in [1.807, 2.05) is 6.07 Å². The summed E-state index contributed by atoms with van der Waals surface area (Å²) in [5.74, 6) is 0.425. The molecule has 9 aromatic rings. The maximum absolute atomic E-state index is 6.48. The molecule has 3 nitrogen and oxygen atoms in total. The molecule has 2 aliphatic rings. The van der Waals surface area contributed by atoms with E-state index in [9.17, 15) is 0 Å². The van der Waals surface area contributed by atoms with Crippen molar-refractivity contribution in [2.75, 3.05) is 0 Å². The fourth-order valence-corrected chi connectivity index (χ4v) is 8.69. The molecular weight excluding hydrogens is 645 g/mol. The van der Waals surface area contributed by atoms with Gasteiger partial charge in [-0.25, -0.2) is 0 Å². The Morgan fingerprint density at radius 3 is 1.98 bits per heavy atom. The first kappa shape index (κ1) is 29.8. The highest BCUT2D eigenvalue weighted by atomic mass is 16.3. The Morgan fingerprint density at radius 1 is 0.453 bits per heavy atom. The second-order valence-electron chi connectivity index (χ2n) is 14.1. The van der Waals surface area contributed by atoms with Crippen molar-refractivity contribution in [3.8, 4) is 22.3 Å². The summed E-state index contributed by atoms with van der Waals surface area (Å²) in [6.07, 6.45) is 17.3. The molecule has 0 N–H and O–H groups in total. The number of rotatable bonds is 4. The molecule has 2 aliphatic carbocycles. The van der Waals surface area contributed by atoms with E-state index in [1.165, 1.54) is 49.7 Å². The fraction of sp³-hybridized carbons (Fsp3) is 0.0400. The quantitative estimate of drug-likeness (QED) is 0.174. The first-order chi connectivity index (χ1) is 26.3. The molecule has 248 valence electrons. The highest BCUT2D eigenvalue weighted by Gasteiger charge is 2.29. The number of furan rings is 1. The highest BCUT2D eigenvalue weighted by molar-refractivity contribution is 6.23. The average Bonchev–Trinajstić information content (AvgIpc) is 3.62. The third-order valence-electron chi connectivity index (χ3n) is 11.2. The van der Waals surface area contributed by atoms with E-state index in [0.717, 1.165) is 49.3 Å². The van der Waals surface area contributed by atoms with Gasteiger partial charge in [-0.1, -0.05) is 152 Å². The van der Waals surface area contributed by atoms with E-state index in [4.69, 9.17) is 14.4 Å². The molecule has 2 aromatic heterocycles. The van der Waals surface area contributed by atoms with Crippen LogP contribution in [-0.4, -0.2) is 9.97 Å². The molecule has 11 rings (SSSR count). The Bertz CT molecular complexity index is 3050. The molecular formula is C50H32N2O. The summed E-state index contributed by atoms with van der Waals surface area (Å²) >= 11 is 0. The maximum Gasteiger partial charge on any atom is 0.143 e. The van der Waals surface area contributed by atoms with Gasteiger partial charge in [0.25, 0.3) is 0 Å². The molecule has 53 heavy (non-hydrogen) atoms. The minimum Gasteiger partial charge on any atom is -0.455 e. The van der Waals surface area contributed by atoms with Gasteiger partial charge in [0.05, 0.1) is 11.0 Å². The van der Waals surface area contributed by atoms with Crippen LogP contribution in [0.25, 0.3) is 82.3 Å². The molecule has 0 aliphatic heterocycles. The van der Waals surface area contributed by atoms with Gasteiger partial charge < -0.3 is 4.42 Å². The van der Waals surface area contributed by atoms with Gasteiger partial charge in [-0.05, 0) is 67.9 Å². The molecule has 0 bridgehead atoms. The van der Waals surface area contributed by atoms with Crippen molar-refractivity contribution in [2.24, 2.45) is 5.92 Å². The Balaban J connectivity index is 0.964. The van der Waals surface area contributed by atoms with Crippen LogP contribution in [0.2, 0.25) is 0 Å². The molecule has 2 heterocycles. The fourth-order valence-electron chi connectivity index (χ4n) is 8.69. The predicted octanol–water partition coefficient (Wildman–Crippen LogP) is 13.0. The van der Waals surface area contributed by atoms with Gasteiger partial charge in [-0.3, -0.25) is 9.97 Å². The third-order valence-corrected chi connectivity index (χ3v) is 11.2. The first-order valence-corrected chi connectivity index (χ1v) is 18.2. The summed E-state index contributed by atoms with van der Waals surface area (Å²) in [7, 11) is 0. The van der Waals surface area contributed by atoms with Gasteiger partial charge in [-0.15, -0.1) is 0 Å². The molecule has 0 radical (unpaired) electrons. The SMILES string of the molecule is C1=CC2=C(c3cccc4c3oc3ccccc34)C=CC(c3cccc(-c4cccc(-c5ccc6c(c5)c5ccccc5c5nccnc65)c4)c3)C2C=C1. The van der Waals surface area contributed by atoms with Crippen molar-refractivity contribution in [1.29, 1.82) is 0 Å². The monoisotopic (exact) mass is 676 g/mol. The van der Waals surface area contributed by atoms with Crippen LogP contribution in [0.15, 0.2) is 192 Å². The molecule has 2 atom stereocenters. The number of nitrogens with zero attached hydrogens (tertiary/aromatic N) is 2. The normalized spacial score (nSPS) is 16.8. The largest absolute Gasteiger partial charge is 0.455 e. The summed E-state index contributed by atoms with van der Waals surface area (Å²) in [5.41, 5.74) is 13.5. The van der Waals surface area contributed by atoms with Gasteiger partial charge in [0.1, 0.15) is 11.2 Å². The lowest BCUT2D eigenvalue weighted by molar-refractivity contribution is 0.663. The van der Waals surface area contributed by atoms with Crippen LogP contribution < -0.4 is 0 Å². The van der Waals surface area contributed by atoms with Gasteiger partial charge >= 0.3 is 0 Å². The smallest absolute Gasteiger partial charge is 0.143 e. The number of benzene rings is 7. The lowest BCUT2D eigenvalue weighted by Crippen LogP contribution is -2.17. The standard InChI is InChI=1S/C50H32N2O/c1-2-15-38-37(14-1)36(24-25-40(38)44-19-9-20-45-41-17-5-6-21-47(41)53-50(44)45)35-13-8-12-33(29-35)31-10-7-11-32(28-31)34-22-23-43-46(30-34)39-16-3-4-18-42(39)48-49(43)52-27-26-51-48/h1-30,36-37H. The number of hydrogen-bond donors (Lipinski definition) is 0. The van der Waals surface area contributed by atoms with Crippen molar-refractivity contribution in [1.82, 2.24) is 9.97 Å². The van der Waals surface area contributed by atoms with Crippen LogP contribution in [-0.2, 0) is 0 Å². The Morgan fingerprint density at radius 2 is 1.13 bits per heavy atom. The number of aromatic nitrogens is 2. The Kier molecular flexibility index (Phi) is 6.68. The number of hydrogen-bond acceptors (Lipinski definition) is 3. The zero-order chi connectivity index (χ0) is 34.9. The van der Waals surface area contributed by atoms with E-state index in [-0.39, 0.29) is 11.8 Å². The number of allylic oxidation sites excluding steroid dienone is 8. The number of para-hydroxylation sites is 2. The van der Waals surface area contributed by atoms with Gasteiger partial charge in [0.2, 0.25) is 0 Å². The molecule has 0 spiro atoms. The van der Waals surface area contributed by atoms with Crippen molar-refractivity contribution in [2.45, 2.75) is 5.92 Å². The summed E-state index contributed by atoms with van der Waals surface area (Å²) in [5, 5.41) is 6.95. The lowest BCUT2D eigenvalue weighted by atomic mass is 9.72. The second-order valence-corrected chi connectivity index (χ2v) is 14.1. The van der Waals surface area contributed by atoms with E-state index in [2.05, 4.69) is 164 Å². The van der Waals surface area contributed by atoms with Gasteiger partial charge in [-0.2, -0.15) is 0 Å². The molecule has 0 saturated carbocycles. The van der Waals surface area contributed by atoms with Crippen molar-refractivity contribution < 1.29 is 4.42 Å². The summed E-state index contributed by atoms with van der Waals surface area (Å²) in [4.78, 5) is 9.45. The van der Waals surface area contributed by atoms with Gasteiger partial charge in [0.15, 0.2) is 0 Å². The van der Waals surface area contributed by atoms with E-state index >= 15 is 0 Å². The molecule has 7 aromatic carbocycles. The Hall–Kier alpha value is -6.84. The maximum atomic E-state index is 6.48. The highest BCUT2D eigenvalue weighted by Crippen LogP contribution is 2.46. The zero-order valence-corrected chi connectivity index (χ0v) is 28.8. The summed E-state index contributed by atoms with van der Waals surface area (Å²) < 4.78 is 6.48. The van der Waals surface area contributed by atoms with Crippen LogP contribution >= 0.6 is 0 Å². The average molecular weight is 677 g/mol. The number of fused-ring (bicyclic) bond motifs is 10. The van der Waals surface area contributed by atoms with Crippen LogP contribution in [0.1, 0.15) is 17.0 Å². The zero-order valence-electron chi connectivity index (χ0n) is 28.8. The van der Waals surface area contributed by atoms with E-state index in [0.29, 0.717) is 0 Å². The molecule has 0 saturated heterocycles. The predicted molar refractivity (Wildman–Crippen MR) is 220 cm³/mol. The second kappa shape index (κ2) is 11.9. The van der Waals surface area contributed by atoms with Gasteiger partial charge in [0, 0.05) is 51.3 Å². The Labute approximate surface area is 306 Å². The molecule has 0 fully saturated rings. The molecule has 0 amide bonds. The third kappa shape index (κ3) is 4.74. The summed E-state index contributed by atoms with van der Waals surface area (Å²) in [6.45, 7) is 0. The van der Waals surface area contributed by atoms with Crippen molar-refractivity contribution >= 4 is 60.1 Å². The van der Waals surface area contributed by atoms with Crippen molar-refractivity contribution in [3.63, 3.8) is 0 Å².